The van der Waals surface area contributed by atoms with E-state index in [2.05, 4.69) is 22.6 Å². The van der Waals surface area contributed by atoms with Crippen molar-refractivity contribution >= 4 is 32.4 Å². The third kappa shape index (κ3) is 3.58. The fourth-order valence-corrected chi connectivity index (χ4v) is 5.97. The summed E-state index contributed by atoms with van der Waals surface area (Å²) < 4.78 is 33.7. The maximum Gasteiger partial charge on any atom is 0.154 e. The van der Waals surface area contributed by atoms with E-state index in [1.54, 1.807) is 7.11 Å². The van der Waals surface area contributed by atoms with Crippen molar-refractivity contribution in [1.29, 1.82) is 0 Å². The van der Waals surface area contributed by atoms with Gasteiger partial charge in [-0.1, -0.05) is 34.7 Å². The minimum atomic E-state index is -2.91. The third-order valence-electron chi connectivity index (χ3n) is 2.86. The number of benzene rings is 1. The van der Waals surface area contributed by atoms with Crippen LogP contribution in [0.2, 0.25) is 0 Å². The van der Waals surface area contributed by atoms with Crippen LogP contribution < -0.4 is 4.74 Å². The molecule has 1 aromatic rings. The Kier molecular flexibility index (Phi) is 4.50. The minimum absolute atomic E-state index is 0.0471. The molecule has 0 N–H and O–H groups in total. The molecule has 1 aromatic carbocycles. The Labute approximate surface area is 121 Å². The average molecular weight is 382 g/mol. The standard InChI is InChI=1S/C12H15IO4S/c1-16-10-4-2-9(3-5-10)6-17-12-8-18(14,15)7-11(12)13/h2-5,11-12H,6-8H2,1H3. The van der Waals surface area contributed by atoms with E-state index in [4.69, 9.17) is 9.47 Å². The van der Waals surface area contributed by atoms with Crippen molar-refractivity contribution < 1.29 is 17.9 Å². The van der Waals surface area contributed by atoms with E-state index >= 15 is 0 Å². The molecule has 0 aromatic heterocycles. The van der Waals surface area contributed by atoms with Gasteiger partial charge in [-0.05, 0) is 17.7 Å². The van der Waals surface area contributed by atoms with Gasteiger partial charge in [-0.2, -0.15) is 0 Å². The zero-order chi connectivity index (χ0) is 13.2. The van der Waals surface area contributed by atoms with E-state index in [0.29, 0.717) is 6.61 Å². The van der Waals surface area contributed by atoms with E-state index in [1.165, 1.54) is 0 Å². The second-order valence-electron chi connectivity index (χ2n) is 4.29. The van der Waals surface area contributed by atoms with E-state index in [1.807, 2.05) is 24.3 Å². The van der Waals surface area contributed by atoms with Gasteiger partial charge in [-0.15, -0.1) is 0 Å². The monoisotopic (exact) mass is 382 g/mol. The molecule has 1 aliphatic heterocycles. The van der Waals surface area contributed by atoms with Crippen molar-refractivity contribution in [1.82, 2.24) is 0 Å². The molecule has 0 saturated carbocycles. The molecule has 2 atom stereocenters. The van der Waals surface area contributed by atoms with Crippen LogP contribution >= 0.6 is 22.6 Å². The first kappa shape index (κ1) is 14.1. The van der Waals surface area contributed by atoms with Gasteiger partial charge < -0.3 is 9.47 Å². The Balaban J connectivity index is 1.91. The summed E-state index contributed by atoms with van der Waals surface area (Å²) >= 11 is 2.15. The van der Waals surface area contributed by atoms with E-state index in [9.17, 15) is 8.42 Å². The van der Waals surface area contributed by atoms with Gasteiger partial charge in [0.15, 0.2) is 9.84 Å². The van der Waals surface area contributed by atoms with Gasteiger partial charge in [-0.3, -0.25) is 0 Å². The smallest absolute Gasteiger partial charge is 0.154 e. The van der Waals surface area contributed by atoms with Crippen molar-refractivity contribution in [3.8, 4) is 5.75 Å². The van der Waals surface area contributed by atoms with Gasteiger partial charge in [0.2, 0.25) is 0 Å². The summed E-state index contributed by atoms with van der Waals surface area (Å²) in [5, 5.41) is 0. The molecule has 2 rings (SSSR count). The summed E-state index contributed by atoms with van der Waals surface area (Å²) in [6.07, 6.45) is -0.197. The number of rotatable bonds is 4. The second kappa shape index (κ2) is 5.75. The topological polar surface area (TPSA) is 52.6 Å². The fourth-order valence-electron chi connectivity index (χ4n) is 1.85. The van der Waals surface area contributed by atoms with Gasteiger partial charge in [0.05, 0.1) is 35.3 Å². The molecule has 2 unspecified atom stereocenters. The first-order valence-corrected chi connectivity index (χ1v) is 8.66. The Morgan fingerprint density at radius 3 is 2.44 bits per heavy atom. The van der Waals surface area contributed by atoms with Gasteiger partial charge >= 0.3 is 0 Å². The van der Waals surface area contributed by atoms with Crippen LogP contribution in [0.5, 0.6) is 5.75 Å². The Bertz CT molecular complexity index is 497. The minimum Gasteiger partial charge on any atom is -0.497 e. The zero-order valence-corrected chi connectivity index (χ0v) is 13.0. The van der Waals surface area contributed by atoms with Crippen LogP contribution in [-0.4, -0.2) is 37.1 Å². The first-order chi connectivity index (χ1) is 8.50. The van der Waals surface area contributed by atoms with Crippen molar-refractivity contribution in [3.05, 3.63) is 29.8 Å². The SMILES string of the molecule is COc1ccc(COC2CS(=O)(=O)CC2I)cc1. The summed E-state index contributed by atoms with van der Waals surface area (Å²) in [7, 11) is -1.29. The number of hydrogen-bond donors (Lipinski definition) is 0. The van der Waals surface area contributed by atoms with Crippen LogP contribution in [-0.2, 0) is 21.2 Å². The number of hydrogen-bond acceptors (Lipinski definition) is 4. The lowest BCUT2D eigenvalue weighted by molar-refractivity contribution is 0.0639. The molecule has 0 radical (unpaired) electrons. The van der Waals surface area contributed by atoms with Gasteiger partial charge in [0.25, 0.3) is 0 Å². The van der Waals surface area contributed by atoms with Gasteiger partial charge in [-0.25, -0.2) is 8.42 Å². The molecule has 1 fully saturated rings. The zero-order valence-electron chi connectivity index (χ0n) is 10.0. The number of methoxy groups -OCH3 is 1. The first-order valence-electron chi connectivity index (χ1n) is 5.59. The lowest BCUT2D eigenvalue weighted by Crippen LogP contribution is -2.22. The molecule has 18 heavy (non-hydrogen) atoms. The molecule has 0 bridgehead atoms. The van der Waals surface area contributed by atoms with Crippen LogP contribution in [0.25, 0.3) is 0 Å². The molecule has 0 spiro atoms. The molecule has 6 heteroatoms. The maximum absolute atomic E-state index is 11.4. The average Bonchev–Trinajstić information content (AvgIpc) is 2.60. The van der Waals surface area contributed by atoms with Gasteiger partial charge in [0, 0.05) is 0 Å². The Hall–Kier alpha value is -0.340. The van der Waals surface area contributed by atoms with Crippen molar-refractivity contribution in [2.24, 2.45) is 0 Å². The molecular formula is C12H15IO4S. The molecule has 1 saturated heterocycles. The number of alkyl halides is 1. The highest BCUT2D eigenvalue weighted by Crippen LogP contribution is 2.24. The third-order valence-corrected chi connectivity index (χ3v) is 6.40. The number of halogens is 1. The molecule has 100 valence electrons. The largest absolute Gasteiger partial charge is 0.497 e. The summed E-state index contributed by atoms with van der Waals surface area (Å²) in [6.45, 7) is 0.434. The lowest BCUT2D eigenvalue weighted by Gasteiger charge is -2.13. The molecular weight excluding hydrogens is 367 g/mol. The van der Waals surface area contributed by atoms with E-state index in [-0.39, 0.29) is 21.5 Å². The van der Waals surface area contributed by atoms with E-state index in [0.717, 1.165) is 11.3 Å². The molecule has 0 amide bonds. The lowest BCUT2D eigenvalue weighted by atomic mass is 10.2. The summed E-state index contributed by atoms with van der Waals surface area (Å²) in [6, 6.07) is 7.58. The van der Waals surface area contributed by atoms with Crippen molar-refractivity contribution in [2.45, 2.75) is 16.6 Å². The van der Waals surface area contributed by atoms with E-state index < -0.39 is 9.84 Å². The van der Waals surface area contributed by atoms with Gasteiger partial charge in [0.1, 0.15) is 5.75 Å². The quantitative estimate of drug-likeness (QED) is 0.589. The van der Waals surface area contributed by atoms with Crippen molar-refractivity contribution in [2.75, 3.05) is 18.6 Å². The van der Waals surface area contributed by atoms with Crippen LogP contribution in [0.1, 0.15) is 5.56 Å². The highest BCUT2D eigenvalue weighted by atomic mass is 127. The summed E-state index contributed by atoms with van der Waals surface area (Å²) in [4.78, 5) is 0. The number of sulfone groups is 1. The van der Waals surface area contributed by atoms with Crippen LogP contribution in [0.3, 0.4) is 0 Å². The maximum atomic E-state index is 11.4. The molecule has 1 heterocycles. The predicted molar refractivity (Wildman–Crippen MR) is 78.0 cm³/mol. The molecule has 1 aliphatic rings. The van der Waals surface area contributed by atoms with Crippen molar-refractivity contribution in [3.63, 3.8) is 0 Å². The fraction of sp³-hybridized carbons (Fsp3) is 0.500. The summed E-state index contributed by atoms with van der Waals surface area (Å²) in [5.74, 6) is 1.16. The van der Waals surface area contributed by atoms with Crippen LogP contribution in [0.15, 0.2) is 24.3 Å². The molecule has 0 aliphatic carbocycles. The Morgan fingerprint density at radius 1 is 1.28 bits per heavy atom. The number of ether oxygens (including phenoxy) is 2. The Morgan fingerprint density at radius 2 is 1.94 bits per heavy atom. The molecule has 4 nitrogen and oxygen atoms in total. The predicted octanol–water partition coefficient (Wildman–Crippen LogP) is 1.81. The highest BCUT2D eigenvalue weighted by molar-refractivity contribution is 14.1. The van der Waals surface area contributed by atoms with Crippen LogP contribution in [0.4, 0.5) is 0 Å². The van der Waals surface area contributed by atoms with Crippen LogP contribution in [0, 0.1) is 0 Å². The highest BCUT2D eigenvalue weighted by Gasteiger charge is 2.36. The second-order valence-corrected chi connectivity index (χ2v) is 8.04. The summed E-state index contributed by atoms with van der Waals surface area (Å²) in [5.41, 5.74) is 1.02. The normalized spacial score (nSPS) is 26.1.